The maximum absolute atomic E-state index is 6.00. The van der Waals surface area contributed by atoms with Crippen LogP contribution >= 0.6 is 24.0 Å². The molecule has 0 amide bonds. The van der Waals surface area contributed by atoms with Crippen molar-refractivity contribution in [3.63, 3.8) is 0 Å². The molecule has 138 valence electrons. The Hall–Kier alpha value is -2.14. The van der Waals surface area contributed by atoms with Crippen LogP contribution in [0.15, 0.2) is 65.3 Å². The van der Waals surface area contributed by atoms with Crippen molar-refractivity contribution in [1.82, 2.24) is 5.32 Å². The molecule has 0 radical (unpaired) electrons. The molecule has 0 saturated heterocycles. The van der Waals surface area contributed by atoms with Gasteiger partial charge in [0.2, 0.25) is 0 Å². The van der Waals surface area contributed by atoms with Crippen molar-refractivity contribution >= 4 is 24.0 Å². The van der Waals surface area contributed by atoms with Crippen LogP contribution in [0.25, 0.3) is 0 Å². The van der Waals surface area contributed by atoms with Crippen molar-refractivity contribution in [3.05, 3.63) is 82.8 Å². The van der Waals surface area contributed by atoms with Crippen LogP contribution in [0.3, 0.4) is 0 Å². The SMILES string of the molecule is COc1cc(CNCc2ccco2)ccc1OCc1cccc(Cl)c1.Cl. The van der Waals surface area contributed by atoms with Crippen molar-refractivity contribution < 1.29 is 13.9 Å². The first-order valence-electron chi connectivity index (χ1n) is 8.02. The molecular weight excluding hydrogens is 373 g/mol. The fourth-order valence-corrected chi connectivity index (χ4v) is 2.69. The lowest BCUT2D eigenvalue weighted by Gasteiger charge is -2.13. The zero-order chi connectivity index (χ0) is 17.5. The molecule has 0 atom stereocenters. The summed E-state index contributed by atoms with van der Waals surface area (Å²) in [4.78, 5) is 0. The number of hydrogen-bond donors (Lipinski definition) is 1. The Balaban J connectivity index is 0.00000243. The molecule has 26 heavy (non-hydrogen) atoms. The van der Waals surface area contributed by atoms with Gasteiger partial charge in [-0.25, -0.2) is 0 Å². The maximum atomic E-state index is 6.00. The van der Waals surface area contributed by atoms with E-state index in [4.69, 9.17) is 25.5 Å². The van der Waals surface area contributed by atoms with Gasteiger partial charge in [0.05, 0.1) is 19.9 Å². The molecule has 0 spiro atoms. The van der Waals surface area contributed by atoms with Gasteiger partial charge in [0, 0.05) is 11.6 Å². The van der Waals surface area contributed by atoms with Crippen molar-refractivity contribution in [3.8, 4) is 11.5 Å². The van der Waals surface area contributed by atoms with Crippen molar-refractivity contribution in [2.45, 2.75) is 19.7 Å². The lowest BCUT2D eigenvalue weighted by atomic mass is 10.2. The molecule has 1 aromatic heterocycles. The highest BCUT2D eigenvalue weighted by atomic mass is 35.5. The smallest absolute Gasteiger partial charge is 0.161 e. The average molecular weight is 394 g/mol. The van der Waals surface area contributed by atoms with E-state index in [0.29, 0.717) is 36.2 Å². The lowest BCUT2D eigenvalue weighted by Crippen LogP contribution is -2.12. The molecule has 0 unspecified atom stereocenters. The number of hydrogen-bond acceptors (Lipinski definition) is 4. The molecule has 0 aliphatic rings. The van der Waals surface area contributed by atoms with Crippen LogP contribution in [0, 0.1) is 0 Å². The molecule has 3 aromatic rings. The van der Waals surface area contributed by atoms with E-state index in [0.717, 1.165) is 16.9 Å². The van der Waals surface area contributed by atoms with Crippen LogP contribution in [0.4, 0.5) is 0 Å². The fraction of sp³-hybridized carbons (Fsp3) is 0.200. The summed E-state index contributed by atoms with van der Waals surface area (Å²) in [6, 6.07) is 17.4. The Labute approximate surface area is 164 Å². The first-order chi connectivity index (χ1) is 12.2. The van der Waals surface area contributed by atoms with Crippen molar-refractivity contribution in [2.75, 3.05) is 7.11 Å². The predicted octanol–water partition coefficient (Wildman–Crippen LogP) is 5.23. The molecule has 1 N–H and O–H groups in total. The molecule has 4 nitrogen and oxygen atoms in total. The second-order valence-corrected chi connectivity index (χ2v) is 6.02. The van der Waals surface area contributed by atoms with E-state index in [1.807, 2.05) is 54.6 Å². The molecule has 0 saturated carbocycles. The largest absolute Gasteiger partial charge is 0.493 e. The van der Waals surface area contributed by atoms with E-state index in [1.54, 1.807) is 13.4 Å². The minimum Gasteiger partial charge on any atom is -0.493 e. The van der Waals surface area contributed by atoms with Crippen LogP contribution in [-0.2, 0) is 19.7 Å². The highest BCUT2D eigenvalue weighted by Crippen LogP contribution is 2.29. The average Bonchev–Trinajstić information content (AvgIpc) is 3.14. The summed E-state index contributed by atoms with van der Waals surface area (Å²) in [7, 11) is 1.64. The van der Waals surface area contributed by atoms with Gasteiger partial charge >= 0.3 is 0 Å². The van der Waals surface area contributed by atoms with Crippen molar-refractivity contribution in [2.24, 2.45) is 0 Å². The van der Waals surface area contributed by atoms with E-state index in [2.05, 4.69) is 5.32 Å². The van der Waals surface area contributed by atoms with Gasteiger partial charge in [-0.15, -0.1) is 12.4 Å². The van der Waals surface area contributed by atoms with Gasteiger partial charge in [-0.05, 0) is 47.5 Å². The third-order valence-corrected chi connectivity index (χ3v) is 3.95. The Bertz CT molecular complexity index is 807. The van der Waals surface area contributed by atoms with E-state index in [-0.39, 0.29) is 12.4 Å². The summed E-state index contributed by atoms with van der Waals surface area (Å²) in [6.07, 6.45) is 1.67. The highest BCUT2D eigenvalue weighted by molar-refractivity contribution is 6.30. The van der Waals surface area contributed by atoms with Crippen LogP contribution in [0.1, 0.15) is 16.9 Å². The standard InChI is InChI=1S/C20H20ClNO3.ClH/c1-23-20-11-15(12-22-13-18-6-3-9-24-18)7-8-19(20)25-14-16-4-2-5-17(21)10-16;/h2-11,22H,12-14H2,1H3;1H. The summed E-state index contributed by atoms with van der Waals surface area (Å²) in [5.41, 5.74) is 2.12. The monoisotopic (exact) mass is 393 g/mol. The topological polar surface area (TPSA) is 43.6 Å². The number of halogens is 2. The van der Waals surface area contributed by atoms with Gasteiger partial charge in [-0.3, -0.25) is 0 Å². The number of furan rings is 1. The Kier molecular flexibility index (Phi) is 7.85. The molecule has 0 fully saturated rings. The van der Waals surface area contributed by atoms with Gasteiger partial charge in [-0.1, -0.05) is 29.8 Å². The zero-order valence-electron chi connectivity index (χ0n) is 14.4. The van der Waals surface area contributed by atoms with E-state index >= 15 is 0 Å². The highest BCUT2D eigenvalue weighted by Gasteiger charge is 2.07. The van der Waals surface area contributed by atoms with E-state index in [9.17, 15) is 0 Å². The Morgan fingerprint density at radius 2 is 1.85 bits per heavy atom. The molecule has 0 bridgehead atoms. The Morgan fingerprint density at radius 3 is 2.58 bits per heavy atom. The van der Waals surface area contributed by atoms with Crippen molar-refractivity contribution in [1.29, 1.82) is 0 Å². The number of nitrogens with one attached hydrogen (secondary N) is 1. The predicted molar refractivity (Wildman–Crippen MR) is 105 cm³/mol. The molecule has 2 aromatic carbocycles. The summed E-state index contributed by atoms with van der Waals surface area (Å²) in [5.74, 6) is 2.32. The summed E-state index contributed by atoms with van der Waals surface area (Å²) < 4.78 is 16.6. The normalized spacial score (nSPS) is 10.2. The van der Waals surface area contributed by atoms with E-state index in [1.165, 1.54) is 0 Å². The van der Waals surface area contributed by atoms with Crippen LogP contribution in [-0.4, -0.2) is 7.11 Å². The summed E-state index contributed by atoms with van der Waals surface area (Å²) in [6.45, 7) is 1.83. The maximum Gasteiger partial charge on any atom is 0.161 e. The number of ether oxygens (including phenoxy) is 2. The minimum absolute atomic E-state index is 0. The minimum atomic E-state index is 0. The molecule has 3 rings (SSSR count). The first-order valence-corrected chi connectivity index (χ1v) is 8.39. The molecule has 0 aliphatic carbocycles. The summed E-state index contributed by atoms with van der Waals surface area (Å²) in [5, 5.41) is 4.03. The zero-order valence-corrected chi connectivity index (χ0v) is 16.0. The molecular formula is C20H21Cl2NO3. The Morgan fingerprint density at radius 1 is 0.962 bits per heavy atom. The lowest BCUT2D eigenvalue weighted by molar-refractivity contribution is 0.284. The number of benzene rings is 2. The second kappa shape index (κ2) is 10.1. The van der Waals surface area contributed by atoms with E-state index < -0.39 is 0 Å². The van der Waals surface area contributed by atoms with Gasteiger partial charge in [0.1, 0.15) is 12.4 Å². The van der Waals surface area contributed by atoms with Crippen LogP contribution in [0.2, 0.25) is 5.02 Å². The number of methoxy groups -OCH3 is 1. The molecule has 0 aliphatic heterocycles. The van der Waals surface area contributed by atoms with Gasteiger partial charge in [0.25, 0.3) is 0 Å². The van der Waals surface area contributed by atoms with Gasteiger partial charge in [0.15, 0.2) is 11.5 Å². The second-order valence-electron chi connectivity index (χ2n) is 5.59. The third kappa shape index (κ3) is 5.70. The fourth-order valence-electron chi connectivity index (χ4n) is 2.47. The van der Waals surface area contributed by atoms with Crippen LogP contribution < -0.4 is 14.8 Å². The first kappa shape index (κ1) is 20.2. The van der Waals surface area contributed by atoms with Crippen LogP contribution in [0.5, 0.6) is 11.5 Å². The number of rotatable bonds is 8. The molecule has 6 heteroatoms. The van der Waals surface area contributed by atoms with Gasteiger partial charge < -0.3 is 19.2 Å². The quantitative estimate of drug-likeness (QED) is 0.568. The molecule has 1 heterocycles. The van der Waals surface area contributed by atoms with Gasteiger partial charge in [-0.2, -0.15) is 0 Å². The summed E-state index contributed by atoms with van der Waals surface area (Å²) >= 11 is 6.00. The third-order valence-electron chi connectivity index (χ3n) is 3.72.